The van der Waals surface area contributed by atoms with Gasteiger partial charge in [-0.25, -0.2) is 4.79 Å². The molecular formula is C18H24N4O3. The summed E-state index contributed by atoms with van der Waals surface area (Å²) in [6, 6.07) is 9.11. The van der Waals surface area contributed by atoms with E-state index < -0.39 is 11.6 Å². The van der Waals surface area contributed by atoms with Crippen LogP contribution in [-0.2, 0) is 6.42 Å². The minimum Gasteiger partial charge on any atom is -0.394 e. The van der Waals surface area contributed by atoms with Gasteiger partial charge in [-0.15, -0.1) is 0 Å². The third-order valence-electron chi connectivity index (χ3n) is 4.61. The topological polar surface area (TPSA) is 100 Å². The molecule has 0 saturated heterocycles. The van der Waals surface area contributed by atoms with E-state index in [-0.39, 0.29) is 12.6 Å². The summed E-state index contributed by atoms with van der Waals surface area (Å²) in [7, 11) is 0. The summed E-state index contributed by atoms with van der Waals surface area (Å²) in [6.07, 6.45) is 2.63. The summed E-state index contributed by atoms with van der Waals surface area (Å²) in [5.41, 5.74) is 0.508. The highest BCUT2D eigenvalue weighted by Gasteiger charge is 2.42. The lowest BCUT2D eigenvalue weighted by Crippen LogP contribution is -2.54. The molecule has 0 unspecified atom stereocenters. The molecule has 7 heteroatoms. The van der Waals surface area contributed by atoms with Crippen LogP contribution >= 0.6 is 0 Å². The fraction of sp³-hybridized carbons (Fsp3) is 0.500. The van der Waals surface area contributed by atoms with Crippen molar-refractivity contribution in [2.24, 2.45) is 5.92 Å². The molecule has 3 N–H and O–H groups in total. The molecule has 2 atom stereocenters. The second kappa shape index (κ2) is 7.23. The van der Waals surface area contributed by atoms with Crippen LogP contribution in [0.3, 0.4) is 0 Å². The van der Waals surface area contributed by atoms with Crippen LogP contribution in [0.1, 0.15) is 50.0 Å². The molecule has 0 radical (unpaired) electrons. The number of benzene rings is 1. The predicted octanol–water partition coefficient (Wildman–Crippen LogP) is 2.18. The van der Waals surface area contributed by atoms with Crippen molar-refractivity contribution in [3.63, 3.8) is 0 Å². The molecule has 0 aliphatic heterocycles. The molecule has 1 aliphatic carbocycles. The standard InChI is InChI=1S/C18H24N4O3/c1-12(19-17(24)21-18(2,11-23)14-8-9-14)16-20-15(22-25-16)10-13-6-4-3-5-7-13/h3-7,12,14,23H,8-11H2,1-2H3,(H2,19,21,24)/t12-,18-/m1/s1. The zero-order valence-corrected chi connectivity index (χ0v) is 14.5. The highest BCUT2D eigenvalue weighted by Crippen LogP contribution is 2.39. The Balaban J connectivity index is 1.56. The molecule has 25 heavy (non-hydrogen) atoms. The van der Waals surface area contributed by atoms with Gasteiger partial charge < -0.3 is 20.3 Å². The number of nitrogens with one attached hydrogen (secondary N) is 2. The molecule has 0 spiro atoms. The maximum atomic E-state index is 12.2. The summed E-state index contributed by atoms with van der Waals surface area (Å²) in [4.78, 5) is 16.6. The van der Waals surface area contributed by atoms with Crippen LogP contribution < -0.4 is 10.6 Å². The zero-order chi connectivity index (χ0) is 17.9. The third-order valence-corrected chi connectivity index (χ3v) is 4.61. The highest BCUT2D eigenvalue weighted by molar-refractivity contribution is 5.75. The molecule has 3 rings (SSSR count). The van der Waals surface area contributed by atoms with Crippen molar-refractivity contribution < 1.29 is 14.4 Å². The lowest BCUT2D eigenvalue weighted by Gasteiger charge is -2.29. The number of hydrogen-bond donors (Lipinski definition) is 3. The van der Waals surface area contributed by atoms with Gasteiger partial charge in [0.15, 0.2) is 5.82 Å². The Morgan fingerprint density at radius 3 is 2.76 bits per heavy atom. The quantitative estimate of drug-likeness (QED) is 0.715. The Labute approximate surface area is 146 Å². The van der Waals surface area contributed by atoms with Crippen LogP contribution in [0.4, 0.5) is 4.79 Å². The number of urea groups is 1. The number of carbonyl (C=O) groups excluding carboxylic acids is 1. The normalized spacial score (nSPS) is 17.6. The highest BCUT2D eigenvalue weighted by atomic mass is 16.5. The van der Waals surface area contributed by atoms with E-state index >= 15 is 0 Å². The first-order valence-electron chi connectivity index (χ1n) is 8.56. The molecule has 7 nitrogen and oxygen atoms in total. The minimum atomic E-state index is -0.586. The van der Waals surface area contributed by atoms with E-state index in [2.05, 4.69) is 20.8 Å². The van der Waals surface area contributed by atoms with Crippen LogP contribution in [-0.4, -0.2) is 33.4 Å². The van der Waals surface area contributed by atoms with E-state index in [4.69, 9.17) is 4.52 Å². The van der Waals surface area contributed by atoms with Gasteiger partial charge in [0.2, 0.25) is 5.89 Å². The summed E-state index contributed by atoms with van der Waals surface area (Å²) >= 11 is 0. The van der Waals surface area contributed by atoms with Crippen molar-refractivity contribution in [2.75, 3.05) is 6.61 Å². The van der Waals surface area contributed by atoms with Crippen molar-refractivity contribution in [2.45, 2.75) is 44.7 Å². The van der Waals surface area contributed by atoms with Gasteiger partial charge in [0, 0.05) is 6.42 Å². The monoisotopic (exact) mass is 344 g/mol. The molecule has 2 amide bonds. The third kappa shape index (κ3) is 4.36. The minimum absolute atomic E-state index is 0.0821. The first-order valence-corrected chi connectivity index (χ1v) is 8.56. The van der Waals surface area contributed by atoms with Gasteiger partial charge in [0.05, 0.1) is 12.1 Å². The lowest BCUT2D eigenvalue weighted by atomic mass is 9.97. The number of nitrogens with zero attached hydrogens (tertiary/aromatic N) is 2. The molecule has 2 aromatic rings. The number of carbonyl (C=O) groups is 1. The van der Waals surface area contributed by atoms with E-state index in [1.54, 1.807) is 6.92 Å². The second-order valence-electron chi connectivity index (χ2n) is 6.88. The van der Waals surface area contributed by atoms with E-state index in [9.17, 15) is 9.90 Å². The first-order chi connectivity index (χ1) is 12.0. The van der Waals surface area contributed by atoms with Crippen LogP contribution in [0.15, 0.2) is 34.9 Å². The zero-order valence-electron chi connectivity index (χ0n) is 14.5. The van der Waals surface area contributed by atoms with Crippen molar-refractivity contribution in [1.29, 1.82) is 0 Å². The number of aromatic nitrogens is 2. The number of aliphatic hydroxyl groups is 1. The Morgan fingerprint density at radius 1 is 1.40 bits per heavy atom. The smallest absolute Gasteiger partial charge is 0.315 e. The number of aliphatic hydroxyl groups excluding tert-OH is 1. The van der Waals surface area contributed by atoms with Gasteiger partial charge in [-0.3, -0.25) is 0 Å². The average molecular weight is 344 g/mol. The fourth-order valence-electron chi connectivity index (χ4n) is 2.84. The summed E-state index contributed by atoms with van der Waals surface area (Å²) in [6.45, 7) is 3.56. The molecule has 134 valence electrons. The Bertz CT molecular complexity index is 714. The van der Waals surface area contributed by atoms with Crippen LogP contribution in [0.5, 0.6) is 0 Å². The number of hydrogen-bond acceptors (Lipinski definition) is 5. The van der Waals surface area contributed by atoms with Gasteiger partial charge >= 0.3 is 6.03 Å². The molecule has 1 aromatic carbocycles. The second-order valence-corrected chi connectivity index (χ2v) is 6.88. The number of rotatable bonds is 7. The van der Waals surface area contributed by atoms with Gasteiger partial charge in [0.25, 0.3) is 0 Å². The van der Waals surface area contributed by atoms with Gasteiger partial charge in [0.1, 0.15) is 6.04 Å². The van der Waals surface area contributed by atoms with E-state index in [0.29, 0.717) is 24.1 Å². The molecule has 1 saturated carbocycles. The summed E-state index contributed by atoms with van der Waals surface area (Å²) < 4.78 is 5.26. The molecule has 0 bridgehead atoms. The Morgan fingerprint density at radius 2 is 2.12 bits per heavy atom. The first kappa shape index (κ1) is 17.4. The van der Waals surface area contributed by atoms with Gasteiger partial charge in [-0.2, -0.15) is 4.98 Å². The molecule has 1 fully saturated rings. The van der Waals surface area contributed by atoms with Crippen molar-refractivity contribution in [3.05, 3.63) is 47.6 Å². The maximum Gasteiger partial charge on any atom is 0.315 e. The SMILES string of the molecule is C[C@@H](NC(=O)N[C@](C)(CO)C1CC1)c1nc(Cc2ccccc2)no1. The van der Waals surface area contributed by atoms with Crippen LogP contribution in [0, 0.1) is 5.92 Å². The Hall–Kier alpha value is -2.41. The van der Waals surface area contributed by atoms with E-state index in [1.807, 2.05) is 37.3 Å². The molecular weight excluding hydrogens is 320 g/mol. The number of amides is 2. The van der Waals surface area contributed by atoms with Gasteiger partial charge in [-0.1, -0.05) is 35.5 Å². The average Bonchev–Trinajstić information content (AvgIpc) is 3.36. The van der Waals surface area contributed by atoms with Crippen molar-refractivity contribution in [3.8, 4) is 0 Å². The van der Waals surface area contributed by atoms with E-state index in [0.717, 1.165) is 18.4 Å². The molecule has 1 heterocycles. The van der Waals surface area contributed by atoms with Crippen LogP contribution in [0.2, 0.25) is 0 Å². The summed E-state index contributed by atoms with van der Waals surface area (Å²) in [5.74, 6) is 1.27. The van der Waals surface area contributed by atoms with Crippen molar-refractivity contribution >= 4 is 6.03 Å². The maximum absolute atomic E-state index is 12.2. The van der Waals surface area contributed by atoms with Gasteiger partial charge in [-0.05, 0) is 38.2 Å². The molecule has 1 aliphatic rings. The predicted molar refractivity (Wildman–Crippen MR) is 91.8 cm³/mol. The lowest BCUT2D eigenvalue weighted by molar-refractivity contribution is 0.153. The Kier molecular flexibility index (Phi) is 5.03. The molecule has 1 aromatic heterocycles. The summed E-state index contributed by atoms with van der Waals surface area (Å²) in [5, 5.41) is 19.2. The van der Waals surface area contributed by atoms with Crippen LogP contribution in [0.25, 0.3) is 0 Å². The largest absolute Gasteiger partial charge is 0.394 e. The fourth-order valence-corrected chi connectivity index (χ4v) is 2.84. The van der Waals surface area contributed by atoms with Crippen molar-refractivity contribution in [1.82, 2.24) is 20.8 Å². The van der Waals surface area contributed by atoms with E-state index in [1.165, 1.54) is 0 Å².